The molecule has 0 radical (unpaired) electrons. The molecule has 0 spiro atoms. The molecule has 7 nitrogen and oxygen atoms in total. The van der Waals surface area contributed by atoms with Crippen molar-refractivity contribution in [1.82, 2.24) is 10.4 Å². The number of phenols is 1. The van der Waals surface area contributed by atoms with Gasteiger partial charge in [0.05, 0.1) is 19.0 Å². The molecule has 0 atom stereocenters. The van der Waals surface area contributed by atoms with E-state index in [2.05, 4.69) is 15.5 Å². The van der Waals surface area contributed by atoms with Crippen LogP contribution >= 0.6 is 11.3 Å². The van der Waals surface area contributed by atoms with E-state index in [1.54, 1.807) is 12.1 Å². The zero-order valence-corrected chi connectivity index (χ0v) is 13.0. The number of nitrogens with one attached hydrogen (secondary N) is 1. The van der Waals surface area contributed by atoms with Gasteiger partial charge in [0.25, 0.3) is 5.91 Å². The van der Waals surface area contributed by atoms with Gasteiger partial charge in [0, 0.05) is 0 Å². The summed E-state index contributed by atoms with van der Waals surface area (Å²) in [6.07, 6.45) is 2.07. The van der Waals surface area contributed by atoms with Gasteiger partial charge in [-0.1, -0.05) is 18.3 Å². The summed E-state index contributed by atoms with van der Waals surface area (Å²) < 4.78 is 5.00. The Morgan fingerprint density at radius 3 is 3.05 bits per heavy atom. The Morgan fingerprint density at radius 1 is 1.59 bits per heavy atom. The monoisotopic (exact) mass is 320 g/mol. The molecule has 1 aromatic carbocycles. The summed E-state index contributed by atoms with van der Waals surface area (Å²) >= 11 is 1.13. The van der Waals surface area contributed by atoms with Gasteiger partial charge in [-0.25, -0.2) is 10.4 Å². The summed E-state index contributed by atoms with van der Waals surface area (Å²) in [4.78, 5) is 16.6. The second-order valence-corrected chi connectivity index (χ2v) is 5.34. The van der Waals surface area contributed by atoms with Crippen molar-refractivity contribution >= 4 is 28.6 Å². The van der Waals surface area contributed by atoms with E-state index in [0.717, 1.165) is 11.3 Å². The topological polar surface area (TPSA) is 110 Å². The van der Waals surface area contributed by atoms with E-state index in [9.17, 15) is 9.90 Å². The highest BCUT2D eigenvalue weighted by atomic mass is 32.1. The van der Waals surface area contributed by atoms with Crippen molar-refractivity contribution < 1.29 is 14.6 Å². The summed E-state index contributed by atoms with van der Waals surface area (Å²) in [5.41, 5.74) is 9.37. The Labute approximate surface area is 131 Å². The van der Waals surface area contributed by atoms with E-state index in [4.69, 9.17) is 10.5 Å². The fourth-order valence-electron chi connectivity index (χ4n) is 1.78. The van der Waals surface area contributed by atoms with Crippen LogP contribution in [0.5, 0.6) is 11.5 Å². The third-order valence-corrected chi connectivity index (χ3v) is 3.76. The highest BCUT2D eigenvalue weighted by Gasteiger charge is 2.15. The average Bonchev–Trinajstić information content (AvgIpc) is 2.90. The minimum atomic E-state index is -0.354. The van der Waals surface area contributed by atoms with Crippen LogP contribution in [0.2, 0.25) is 0 Å². The van der Waals surface area contributed by atoms with Crippen LogP contribution in [0.1, 0.15) is 27.9 Å². The van der Waals surface area contributed by atoms with Gasteiger partial charge in [-0.3, -0.25) is 4.79 Å². The van der Waals surface area contributed by atoms with Gasteiger partial charge in [-0.05, 0) is 30.2 Å². The van der Waals surface area contributed by atoms with Crippen LogP contribution in [0.4, 0.5) is 5.13 Å². The van der Waals surface area contributed by atoms with Gasteiger partial charge in [0.1, 0.15) is 4.88 Å². The average molecular weight is 320 g/mol. The molecule has 2 aromatic rings. The standard InChI is InChI=1S/C14H16N4O3S/c1-3-9-12(22-14(15)17-9)13(20)18-16-7-8-4-5-10(19)11(6-8)21-2/h4-7,19H,3H2,1-2H3,(H2,15,17)(H,18,20)/b16-7+. The number of hydrazone groups is 1. The number of phenolic OH excluding ortho intramolecular Hbond substituents is 1. The maximum absolute atomic E-state index is 12.0. The number of hydrogen-bond acceptors (Lipinski definition) is 7. The smallest absolute Gasteiger partial charge is 0.283 e. The molecule has 1 heterocycles. The van der Waals surface area contributed by atoms with Crippen LogP contribution in [0.3, 0.4) is 0 Å². The predicted octanol–water partition coefficient (Wildman–Crippen LogP) is 1.77. The summed E-state index contributed by atoms with van der Waals surface area (Å²) in [5.74, 6) is 0.0169. The Bertz CT molecular complexity index is 712. The molecule has 8 heteroatoms. The van der Waals surface area contributed by atoms with Gasteiger partial charge >= 0.3 is 0 Å². The number of ether oxygens (including phenoxy) is 1. The zero-order chi connectivity index (χ0) is 16.1. The molecule has 22 heavy (non-hydrogen) atoms. The van der Waals surface area contributed by atoms with Crippen LogP contribution in [-0.4, -0.2) is 29.3 Å². The predicted molar refractivity (Wildman–Crippen MR) is 85.6 cm³/mol. The fourth-order valence-corrected chi connectivity index (χ4v) is 2.59. The van der Waals surface area contributed by atoms with Crippen LogP contribution in [-0.2, 0) is 6.42 Å². The number of amides is 1. The largest absolute Gasteiger partial charge is 0.504 e. The number of anilines is 1. The summed E-state index contributed by atoms with van der Waals surface area (Å²) in [6.45, 7) is 1.90. The maximum Gasteiger partial charge on any atom is 0.283 e. The minimum Gasteiger partial charge on any atom is -0.504 e. The van der Waals surface area contributed by atoms with Gasteiger partial charge < -0.3 is 15.6 Å². The van der Waals surface area contributed by atoms with Crippen molar-refractivity contribution in [3.8, 4) is 11.5 Å². The van der Waals surface area contributed by atoms with Gasteiger partial charge in [-0.2, -0.15) is 5.10 Å². The Morgan fingerprint density at radius 2 is 2.36 bits per heavy atom. The van der Waals surface area contributed by atoms with E-state index in [1.807, 2.05) is 6.92 Å². The number of carbonyl (C=O) groups excluding carboxylic acids is 1. The number of hydrogen-bond donors (Lipinski definition) is 3. The first-order chi connectivity index (χ1) is 10.5. The van der Waals surface area contributed by atoms with Crippen molar-refractivity contribution in [1.29, 1.82) is 0 Å². The molecule has 0 bridgehead atoms. The van der Waals surface area contributed by atoms with Gasteiger partial charge in [0.15, 0.2) is 16.6 Å². The molecule has 0 saturated heterocycles. The SMILES string of the molecule is CCc1nc(N)sc1C(=O)N/N=C/c1ccc(O)c(OC)c1. The molecule has 1 amide bonds. The van der Waals surface area contributed by atoms with Crippen LogP contribution in [0.25, 0.3) is 0 Å². The molecular formula is C14H16N4O3S. The Kier molecular flexibility index (Phi) is 4.95. The molecular weight excluding hydrogens is 304 g/mol. The molecule has 2 rings (SSSR count). The number of rotatable bonds is 5. The lowest BCUT2D eigenvalue weighted by Crippen LogP contribution is -2.17. The van der Waals surface area contributed by atoms with Crippen molar-refractivity contribution in [3.05, 3.63) is 34.3 Å². The number of nitrogens with zero attached hydrogens (tertiary/aromatic N) is 2. The number of aromatic nitrogens is 1. The third-order valence-electron chi connectivity index (χ3n) is 2.84. The lowest BCUT2D eigenvalue weighted by Gasteiger charge is -2.03. The van der Waals surface area contributed by atoms with E-state index in [0.29, 0.717) is 33.4 Å². The van der Waals surface area contributed by atoms with E-state index in [-0.39, 0.29) is 11.7 Å². The number of aromatic hydroxyl groups is 1. The van der Waals surface area contributed by atoms with E-state index in [1.165, 1.54) is 19.4 Å². The second kappa shape index (κ2) is 6.90. The molecule has 0 aliphatic carbocycles. The van der Waals surface area contributed by atoms with E-state index >= 15 is 0 Å². The molecule has 4 N–H and O–H groups in total. The van der Waals surface area contributed by atoms with Crippen molar-refractivity contribution in [2.24, 2.45) is 5.10 Å². The second-order valence-electron chi connectivity index (χ2n) is 4.31. The third kappa shape index (κ3) is 3.53. The lowest BCUT2D eigenvalue weighted by molar-refractivity contribution is 0.0958. The first-order valence-corrected chi connectivity index (χ1v) is 7.32. The number of aryl methyl sites for hydroxylation is 1. The van der Waals surface area contributed by atoms with Crippen molar-refractivity contribution in [2.45, 2.75) is 13.3 Å². The molecule has 1 aromatic heterocycles. The summed E-state index contributed by atoms with van der Waals surface area (Å²) in [5, 5.41) is 13.7. The first kappa shape index (κ1) is 15.8. The Balaban J connectivity index is 2.07. The first-order valence-electron chi connectivity index (χ1n) is 6.50. The highest BCUT2D eigenvalue weighted by molar-refractivity contribution is 7.17. The molecule has 0 saturated carbocycles. The zero-order valence-electron chi connectivity index (χ0n) is 12.2. The molecule has 0 fully saturated rings. The van der Waals surface area contributed by atoms with Crippen LogP contribution in [0, 0.1) is 0 Å². The number of carbonyl (C=O) groups is 1. The van der Waals surface area contributed by atoms with Crippen molar-refractivity contribution in [2.75, 3.05) is 12.8 Å². The summed E-state index contributed by atoms with van der Waals surface area (Å²) in [6, 6.07) is 4.74. The molecule has 0 unspecified atom stereocenters. The number of benzene rings is 1. The Hall–Kier alpha value is -2.61. The number of thiazole rings is 1. The number of methoxy groups -OCH3 is 1. The number of nitrogens with two attached hydrogens (primary N) is 1. The van der Waals surface area contributed by atoms with Gasteiger partial charge in [-0.15, -0.1) is 0 Å². The maximum atomic E-state index is 12.0. The molecule has 0 aliphatic rings. The van der Waals surface area contributed by atoms with Crippen molar-refractivity contribution in [3.63, 3.8) is 0 Å². The van der Waals surface area contributed by atoms with Gasteiger partial charge in [0.2, 0.25) is 0 Å². The normalized spacial score (nSPS) is 10.8. The van der Waals surface area contributed by atoms with Crippen LogP contribution in [0.15, 0.2) is 23.3 Å². The lowest BCUT2D eigenvalue weighted by atomic mass is 10.2. The van der Waals surface area contributed by atoms with E-state index < -0.39 is 0 Å². The summed E-state index contributed by atoms with van der Waals surface area (Å²) in [7, 11) is 1.46. The highest BCUT2D eigenvalue weighted by Crippen LogP contribution is 2.25. The minimum absolute atomic E-state index is 0.0383. The quantitative estimate of drug-likeness (QED) is 0.574. The molecule has 0 aliphatic heterocycles. The van der Waals surface area contributed by atoms with Crippen LogP contribution < -0.4 is 15.9 Å². The molecule has 116 valence electrons. The fraction of sp³-hybridized carbons (Fsp3) is 0.214. The number of nitrogen functional groups attached to an aromatic ring is 1.